The van der Waals surface area contributed by atoms with E-state index in [0.29, 0.717) is 11.3 Å². The minimum Gasteiger partial charge on any atom is -0.404 e. The molecule has 0 amide bonds. The number of hydrogen-bond acceptors (Lipinski definition) is 2. The van der Waals surface area contributed by atoms with E-state index >= 15 is 0 Å². The molecular formula is C9H8F3NO. The van der Waals surface area contributed by atoms with Gasteiger partial charge in [-0.25, -0.2) is 0 Å². The van der Waals surface area contributed by atoms with Crippen LogP contribution in [0.25, 0.3) is 6.08 Å². The lowest BCUT2D eigenvalue weighted by atomic mass is 10.2. The van der Waals surface area contributed by atoms with Gasteiger partial charge in [0, 0.05) is 0 Å². The van der Waals surface area contributed by atoms with Crippen LogP contribution in [-0.4, -0.2) is 11.3 Å². The number of aromatic nitrogens is 1. The number of nitrogens with zero attached hydrogens (tertiary/aromatic N) is 1. The average Bonchev–Trinajstić information content (AvgIpc) is 2.06. The molecule has 76 valence electrons. The molecule has 2 nitrogen and oxygen atoms in total. The summed E-state index contributed by atoms with van der Waals surface area (Å²) in [7, 11) is 0. The van der Waals surface area contributed by atoms with Gasteiger partial charge in [0.2, 0.25) is 0 Å². The Morgan fingerprint density at radius 1 is 1.50 bits per heavy atom. The maximum atomic E-state index is 11.8. The van der Waals surface area contributed by atoms with Gasteiger partial charge in [-0.15, -0.1) is 13.2 Å². The molecule has 0 saturated heterocycles. The molecule has 0 N–H and O–H groups in total. The number of pyridine rings is 1. The van der Waals surface area contributed by atoms with Gasteiger partial charge in [-0.2, -0.15) is 0 Å². The van der Waals surface area contributed by atoms with Crippen molar-refractivity contribution in [2.24, 2.45) is 0 Å². The number of alkyl halides is 3. The summed E-state index contributed by atoms with van der Waals surface area (Å²) in [5, 5.41) is 0. The van der Waals surface area contributed by atoms with Gasteiger partial charge in [0.05, 0.1) is 11.9 Å². The fourth-order valence-corrected chi connectivity index (χ4v) is 0.908. The maximum Gasteiger partial charge on any atom is 0.573 e. The largest absolute Gasteiger partial charge is 0.573 e. The summed E-state index contributed by atoms with van der Waals surface area (Å²) in [6.45, 7) is 4.96. The quantitative estimate of drug-likeness (QED) is 0.737. The van der Waals surface area contributed by atoms with Crippen LogP contribution in [-0.2, 0) is 0 Å². The first-order valence-corrected chi connectivity index (χ1v) is 3.77. The van der Waals surface area contributed by atoms with E-state index in [1.807, 2.05) is 0 Å². The topological polar surface area (TPSA) is 22.1 Å². The Kier molecular flexibility index (Phi) is 2.78. The number of aryl methyl sites for hydroxylation is 1. The van der Waals surface area contributed by atoms with Gasteiger partial charge in [0.1, 0.15) is 0 Å². The van der Waals surface area contributed by atoms with E-state index in [1.54, 1.807) is 0 Å². The minimum absolute atomic E-state index is 0.289. The third-order valence-corrected chi connectivity index (χ3v) is 1.52. The van der Waals surface area contributed by atoms with Crippen molar-refractivity contribution in [2.75, 3.05) is 0 Å². The number of halogens is 3. The third kappa shape index (κ3) is 2.76. The smallest absolute Gasteiger partial charge is 0.404 e. The Bertz CT molecular complexity index is 346. The lowest BCUT2D eigenvalue weighted by molar-refractivity contribution is -0.275. The normalized spacial score (nSPS) is 11.1. The molecule has 0 aliphatic heterocycles. The molecule has 1 heterocycles. The zero-order valence-corrected chi connectivity index (χ0v) is 7.43. The van der Waals surface area contributed by atoms with Crippen LogP contribution in [0.1, 0.15) is 11.3 Å². The Balaban J connectivity index is 2.95. The summed E-state index contributed by atoms with van der Waals surface area (Å²) in [6.07, 6.45) is -2.20. The highest BCUT2D eigenvalue weighted by molar-refractivity contribution is 5.45. The zero-order chi connectivity index (χ0) is 10.8. The molecule has 0 aliphatic rings. The molecule has 0 bridgehead atoms. The van der Waals surface area contributed by atoms with E-state index in [4.69, 9.17) is 0 Å². The predicted octanol–water partition coefficient (Wildman–Crippen LogP) is 2.93. The van der Waals surface area contributed by atoms with Crippen LogP contribution in [0.15, 0.2) is 18.8 Å². The monoisotopic (exact) mass is 203 g/mol. The third-order valence-electron chi connectivity index (χ3n) is 1.52. The van der Waals surface area contributed by atoms with E-state index in [-0.39, 0.29) is 5.75 Å². The molecular weight excluding hydrogens is 195 g/mol. The van der Waals surface area contributed by atoms with Crippen molar-refractivity contribution in [1.82, 2.24) is 4.98 Å². The van der Waals surface area contributed by atoms with E-state index in [1.165, 1.54) is 19.1 Å². The molecule has 14 heavy (non-hydrogen) atoms. The van der Waals surface area contributed by atoms with Gasteiger partial charge in [-0.3, -0.25) is 4.98 Å². The molecule has 0 unspecified atom stereocenters. The van der Waals surface area contributed by atoms with Gasteiger partial charge in [-0.1, -0.05) is 6.58 Å². The molecule has 5 heteroatoms. The summed E-state index contributed by atoms with van der Waals surface area (Å²) in [6, 6.07) is 1.47. The molecule has 0 aromatic carbocycles. The first-order valence-electron chi connectivity index (χ1n) is 3.77. The standard InChI is InChI=1S/C9H8F3NO/c1-3-7-4-6(2)8(5-13-7)14-9(10,11)12/h3-5H,1H2,2H3. The van der Waals surface area contributed by atoms with Crippen LogP contribution >= 0.6 is 0 Å². The predicted molar refractivity (Wildman–Crippen MR) is 45.7 cm³/mol. The van der Waals surface area contributed by atoms with E-state index in [2.05, 4.69) is 16.3 Å². The van der Waals surface area contributed by atoms with Crippen molar-refractivity contribution < 1.29 is 17.9 Å². The van der Waals surface area contributed by atoms with Gasteiger partial charge in [-0.05, 0) is 24.6 Å². The van der Waals surface area contributed by atoms with Gasteiger partial charge in [0.15, 0.2) is 5.75 Å². The highest BCUT2D eigenvalue weighted by Crippen LogP contribution is 2.25. The molecule has 0 saturated carbocycles. The molecule has 0 aliphatic carbocycles. The van der Waals surface area contributed by atoms with Crippen molar-refractivity contribution in [3.63, 3.8) is 0 Å². The lowest BCUT2D eigenvalue weighted by Gasteiger charge is -2.10. The van der Waals surface area contributed by atoms with E-state index in [0.717, 1.165) is 6.20 Å². The summed E-state index contributed by atoms with van der Waals surface area (Å²) in [4.78, 5) is 3.70. The second-order valence-corrected chi connectivity index (χ2v) is 2.63. The Hall–Kier alpha value is -1.52. The number of hydrogen-bond donors (Lipinski definition) is 0. The first kappa shape index (κ1) is 10.6. The summed E-state index contributed by atoms with van der Waals surface area (Å²) in [5.74, 6) is -0.289. The highest BCUT2D eigenvalue weighted by atomic mass is 19.4. The fraction of sp³-hybridized carbons (Fsp3) is 0.222. The Morgan fingerprint density at radius 2 is 2.14 bits per heavy atom. The molecule has 0 fully saturated rings. The highest BCUT2D eigenvalue weighted by Gasteiger charge is 2.31. The number of rotatable bonds is 2. The van der Waals surface area contributed by atoms with Crippen LogP contribution in [0, 0.1) is 6.92 Å². The van der Waals surface area contributed by atoms with Crippen molar-refractivity contribution >= 4 is 6.08 Å². The van der Waals surface area contributed by atoms with E-state index < -0.39 is 6.36 Å². The molecule has 1 aromatic rings. The van der Waals surface area contributed by atoms with Crippen molar-refractivity contribution in [3.05, 3.63) is 30.1 Å². The van der Waals surface area contributed by atoms with Crippen LogP contribution < -0.4 is 4.74 Å². The van der Waals surface area contributed by atoms with E-state index in [9.17, 15) is 13.2 Å². The molecule has 0 radical (unpaired) electrons. The molecule has 1 rings (SSSR count). The van der Waals surface area contributed by atoms with Gasteiger partial charge < -0.3 is 4.74 Å². The maximum absolute atomic E-state index is 11.8. The number of ether oxygens (including phenoxy) is 1. The summed E-state index contributed by atoms with van der Waals surface area (Å²) in [5.41, 5.74) is 0.879. The Labute approximate surface area is 79.0 Å². The second-order valence-electron chi connectivity index (χ2n) is 2.63. The van der Waals surface area contributed by atoms with Gasteiger partial charge >= 0.3 is 6.36 Å². The summed E-state index contributed by atoms with van der Waals surface area (Å²) >= 11 is 0. The SMILES string of the molecule is C=Cc1cc(C)c(OC(F)(F)F)cn1. The van der Waals surface area contributed by atoms with Crippen LogP contribution in [0.4, 0.5) is 13.2 Å². The van der Waals surface area contributed by atoms with Crippen molar-refractivity contribution in [3.8, 4) is 5.75 Å². The zero-order valence-electron chi connectivity index (χ0n) is 7.43. The molecule has 0 spiro atoms. The van der Waals surface area contributed by atoms with Crippen LogP contribution in [0.3, 0.4) is 0 Å². The fourth-order valence-electron chi connectivity index (χ4n) is 0.908. The first-order chi connectivity index (χ1) is 6.42. The van der Waals surface area contributed by atoms with Gasteiger partial charge in [0.25, 0.3) is 0 Å². The van der Waals surface area contributed by atoms with Crippen LogP contribution in [0.2, 0.25) is 0 Å². The molecule has 1 aromatic heterocycles. The van der Waals surface area contributed by atoms with Crippen molar-refractivity contribution in [2.45, 2.75) is 13.3 Å². The molecule has 0 atom stereocenters. The van der Waals surface area contributed by atoms with Crippen LogP contribution in [0.5, 0.6) is 5.75 Å². The lowest BCUT2D eigenvalue weighted by Crippen LogP contribution is -2.18. The van der Waals surface area contributed by atoms with Crippen molar-refractivity contribution in [1.29, 1.82) is 0 Å². The minimum atomic E-state index is -4.68. The Morgan fingerprint density at radius 3 is 2.57 bits per heavy atom. The average molecular weight is 203 g/mol. The second kappa shape index (κ2) is 3.69. The summed E-state index contributed by atoms with van der Waals surface area (Å²) < 4.78 is 39.2.